The highest BCUT2D eigenvalue weighted by Gasteiger charge is 2.04. The van der Waals surface area contributed by atoms with Crippen LogP contribution in [0.25, 0.3) is 11.3 Å². The van der Waals surface area contributed by atoms with Crippen LogP contribution < -0.4 is 0 Å². The number of hydrogen-bond donors (Lipinski definition) is 0. The van der Waals surface area contributed by atoms with Gasteiger partial charge in [0.1, 0.15) is 5.69 Å². The maximum atomic E-state index is 4.17. The first-order valence-corrected chi connectivity index (χ1v) is 5.82. The zero-order chi connectivity index (χ0) is 10.7. The van der Waals surface area contributed by atoms with Crippen molar-refractivity contribution >= 4 is 11.8 Å². The first kappa shape index (κ1) is 10.1. The van der Waals surface area contributed by atoms with Gasteiger partial charge in [0.15, 0.2) is 0 Å². The summed E-state index contributed by atoms with van der Waals surface area (Å²) in [7, 11) is 0. The fraction of sp³-hybridized carbons (Fsp3) is 0.333. The van der Waals surface area contributed by atoms with Gasteiger partial charge in [-0.3, -0.25) is 4.68 Å². The first-order chi connectivity index (χ1) is 7.33. The van der Waals surface area contributed by atoms with Crippen LogP contribution in [0.15, 0.2) is 23.7 Å². The maximum absolute atomic E-state index is 4.17. The molecule has 0 aromatic carbocycles. The van der Waals surface area contributed by atoms with E-state index in [1.54, 1.807) is 12.4 Å². The lowest BCUT2D eigenvalue weighted by Crippen LogP contribution is -1.93. The molecule has 15 heavy (non-hydrogen) atoms. The number of hydrogen-bond acceptors (Lipinski definition) is 5. The predicted octanol–water partition coefficient (Wildman–Crippen LogP) is 1.48. The summed E-state index contributed by atoms with van der Waals surface area (Å²) in [5.74, 6) is 0. The minimum absolute atomic E-state index is 0.682. The van der Waals surface area contributed by atoms with E-state index in [1.165, 1.54) is 11.8 Å². The fourth-order valence-electron chi connectivity index (χ4n) is 1.16. The lowest BCUT2D eigenvalue weighted by molar-refractivity contribution is 0.660. The lowest BCUT2D eigenvalue weighted by Gasteiger charge is -1.95. The molecular formula is C9H11N5S. The van der Waals surface area contributed by atoms with Crippen LogP contribution in [0.1, 0.15) is 6.92 Å². The van der Waals surface area contributed by atoms with Crippen LogP contribution in [-0.4, -0.2) is 31.2 Å². The van der Waals surface area contributed by atoms with Gasteiger partial charge < -0.3 is 0 Å². The number of nitrogens with zero attached hydrogens (tertiary/aromatic N) is 5. The van der Waals surface area contributed by atoms with Crippen LogP contribution in [0.2, 0.25) is 0 Å². The van der Waals surface area contributed by atoms with Crippen molar-refractivity contribution in [2.75, 3.05) is 6.26 Å². The van der Waals surface area contributed by atoms with Crippen LogP contribution >= 0.6 is 11.8 Å². The smallest absolute Gasteiger partial charge is 0.208 e. The molecule has 2 rings (SSSR count). The minimum Gasteiger partial charge on any atom is -0.272 e. The average molecular weight is 221 g/mol. The van der Waals surface area contributed by atoms with E-state index in [9.17, 15) is 0 Å². The molecule has 0 atom stereocenters. The standard InChI is InChI=1S/C9H11N5S/c1-3-14-6-7(4-11-14)8-5-10-9(15-2)13-12-8/h4-6H,3H2,1-2H3. The second-order valence-corrected chi connectivity index (χ2v) is 3.69. The zero-order valence-corrected chi connectivity index (χ0v) is 9.40. The highest BCUT2D eigenvalue weighted by molar-refractivity contribution is 7.98. The van der Waals surface area contributed by atoms with Gasteiger partial charge in [0.2, 0.25) is 5.16 Å². The van der Waals surface area contributed by atoms with Crippen LogP contribution in [-0.2, 0) is 6.54 Å². The molecule has 0 aliphatic heterocycles. The first-order valence-electron chi connectivity index (χ1n) is 4.60. The van der Waals surface area contributed by atoms with Gasteiger partial charge >= 0.3 is 0 Å². The molecule has 5 nitrogen and oxygen atoms in total. The summed E-state index contributed by atoms with van der Waals surface area (Å²) in [6.45, 7) is 2.89. The molecule has 2 aromatic heterocycles. The summed E-state index contributed by atoms with van der Waals surface area (Å²) < 4.78 is 1.85. The number of thioether (sulfide) groups is 1. The highest BCUT2D eigenvalue weighted by Crippen LogP contribution is 2.15. The van der Waals surface area contributed by atoms with Gasteiger partial charge in [0, 0.05) is 18.3 Å². The van der Waals surface area contributed by atoms with E-state index in [4.69, 9.17) is 0 Å². The molecule has 2 aromatic rings. The van der Waals surface area contributed by atoms with Crippen LogP contribution in [0, 0.1) is 0 Å². The van der Waals surface area contributed by atoms with Gasteiger partial charge in [-0.1, -0.05) is 11.8 Å². The van der Waals surface area contributed by atoms with Crippen molar-refractivity contribution in [1.82, 2.24) is 25.0 Å². The summed E-state index contributed by atoms with van der Waals surface area (Å²) in [5, 5.41) is 12.9. The molecule has 0 saturated carbocycles. The van der Waals surface area contributed by atoms with Crippen LogP contribution in [0.5, 0.6) is 0 Å². The second kappa shape index (κ2) is 4.39. The fourth-order valence-corrected chi connectivity index (χ4v) is 1.44. The Kier molecular flexibility index (Phi) is 2.96. The van der Waals surface area contributed by atoms with E-state index in [2.05, 4.69) is 20.3 Å². The molecule has 6 heteroatoms. The normalized spacial score (nSPS) is 10.5. The summed E-state index contributed by atoms with van der Waals surface area (Å²) in [6.07, 6.45) is 7.35. The average Bonchev–Trinajstić information content (AvgIpc) is 2.78. The minimum atomic E-state index is 0.682. The van der Waals surface area contributed by atoms with Crippen molar-refractivity contribution in [2.24, 2.45) is 0 Å². The molecule has 0 aliphatic rings. The third-order valence-corrected chi connectivity index (χ3v) is 2.53. The predicted molar refractivity (Wildman–Crippen MR) is 58.5 cm³/mol. The number of rotatable bonds is 3. The van der Waals surface area contributed by atoms with Crippen LogP contribution in [0.3, 0.4) is 0 Å². The molecule has 0 unspecified atom stereocenters. The lowest BCUT2D eigenvalue weighted by atomic mass is 10.3. The van der Waals surface area contributed by atoms with E-state index in [1.807, 2.05) is 24.1 Å². The summed E-state index contributed by atoms with van der Waals surface area (Å²) in [5.41, 5.74) is 1.71. The molecule has 0 bridgehead atoms. The van der Waals surface area contributed by atoms with Gasteiger partial charge in [0.25, 0.3) is 0 Å². The number of aromatic nitrogens is 5. The van der Waals surface area contributed by atoms with Crippen molar-refractivity contribution in [1.29, 1.82) is 0 Å². The monoisotopic (exact) mass is 221 g/mol. The molecule has 0 saturated heterocycles. The highest BCUT2D eigenvalue weighted by atomic mass is 32.2. The molecule has 0 fully saturated rings. The summed E-state index contributed by atoms with van der Waals surface area (Å²) in [4.78, 5) is 4.16. The number of aryl methyl sites for hydroxylation is 1. The molecule has 0 spiro atoms. The molecule has 0 aliphatic carbocycles. The van der Waals surface area contributed by atoms with Gasteiger partial charge in [-0.25, -0.2) is 4.98 Å². The Labute approximate surface area is 91.9 Å². The van der Waals surface area contributed by atoms with E-state index < -0.39 is 0 Å². The molecule has 78 valence electrons. The van der Waals surface area contributed by atoms with E-state index in [-0.39, 0.29) is 0 Å². The molecular weight excluding hydrogens is 210 g/mol. The Morgan fingerprint density at radius 1 is 1.33 bits per heavy atom. The van der Waals surface area contributed by atoms with Crippen molar-refractivity contribution in [2.45, 2.75) is 18.6 Å². The third-order valence-electron chi connectivity index (χ3n) is 1.98. The largest absolute Gasteiger partial charge is 0.272 e. The van der Waals surface area contributed by atoms with E-state index in [0.717, 1.165) is 17.8 Å². The summed E-state index contributed by atoms with van der Waals surface area (Å²) >= 11 is 1.48. The zero-order valence-electron chi connectivity index (χ0n) is 8.58. The topological polar surface area (TPSA) is 56.5 Å². The van der Waals surface area contributed by atoms with Crippen molar-refractivity contribution < 1.29 is 0 Å². The van der Waals surface area contributed by atoms with E-state index >= 15 is 0 Å². The van der Waals surface area contributed by atoms with E-state index in [0.29, 0.717) is 5.16 Å². The molecule has 2 heterocycles. The summed E-state index contributed by atoms with van der Waals surface area (Å²) in [6, 6.07) is 0. The Morgan fingerprint density at radius 3 is 2.73 bits per heavy atom. The Hall–Kier alpha value is -1.43. The SMILES string of the molecule is CCn1cc(-c2cnc(SC)nn2)cn1. The van der Waals surface area contributed by atoms with Gasteiger partial charge in [-0.05, 0) is 13.2 Å². The quantitative estimate of drug-likeness (QED) is 0.735. The van der Waals surface area contributed by atoms with Gasteiger partial charge in [-0.15, -0.1) is 10.2 Å². The van der Waals surface area contributed by atoms with Crippen molar-refractivity contribution in [3.63, 3.8) is 0 Å². The second-order valence-electron chi connectivity index (χ2n) is 2.91. The Balaban J connectivity index is 2.28. The maximum Gasteiger partial charge on any atom is 0.208 e. The third kappa shape index (κ3) is 2.15. The van der Waals surface area contributed by atoms with Crippen molar-refractivity contribution in [3.8, 4) is 11.3 Å². The Morgan fingerprint density at radius 2 is 2.20 bits per heavy atom. The molecule has 0 amide bonds. The van der Waals surface area contributed by atoms with Crippen LogP contribution in [0.4, 0.5) is 0 Å². The molecule has 0 radical (unpaired) electrons. The Bertz CT molecular complexity index is 436. The molecule has 0 N–H and O–H groups in total. The van der Waals surface area contributed by atoms with Gasteiger partial charge in [-0.2, -0.15) is 5.10 Å². The van der Waals surface area contributed by atoms with Gasteiger partial charge in [0.05, 0.1) is 12.4 Å². The van der Waals surface area contributed by atoms with Crippen molar-refractivity contribution in [3.05, 3.63) is 18.6 Å².